The summed E-state index contributed by atoms with van der Waals surface area (Å²) in [5.74, 6) is 0.929. The molecular weight excluding hydrogens is 180 g/mol. The summed E-state index contributed by atoms with van der Waals surface area (Å²) in [6.07, 6.45) is 9.99. The van der Waals surface area contributed by atoms with Gasteiger partial charge in [-0.15, -0.1) is 0 Å². The van der Waals surface area contributed by atoms with Gasteiger partial charge in [0, 0.05) is 0 Å². The summed E-state index contributed by atoms with van der Waals surface area (Å²) in [7, 11) is 0. The highest BCUT2D eigenvalue weighted by Gasteiger charge is 2.69. The van der Waals surface area contributed by atoms with E-state index in [0.717, 1.165) is 5.92 Å². The van der Waals surface area contributed by atoms with Gasteiger partial charge >= 0.3 is 0 Å². The summed E-state index contributed by atoms with van der Waals surface area (Å²) in [5.41, 5.74) is 3.44. The Hall–Kier alpha value is -0.260. The van der Waals surface area contributed by atoms with Crippen molar-refractivity contribution in [3.05, 3.63) is 11.6 Å². The summed E-state index contributed by atoms with van der Waals surface area (Å²) in [5, 5.41) is 0. The number of hydrogen-bond acceptors (Lipinski definition) is 0. The predicted molar refractivity (Wildman–Crippen MR) is 64.7 cm³/mol. The van der Waals surface area contributed by atoms with Crippen LogP contribution >= 0.6 is 0 Å². The fourth-order valence-electron chi connectivity index (χ4n) is 5.90. The fourth-order valence-corrected chi connectivity index (χ4v) is 5.90. The quantitative estimate of drug-likeness (QED) is 0.507. The molecule has 2 fully saturated rings. The Balaban J connectivity index is 2.23. The van der Waals surface area contributed by atoms with Crippen molar-refractivity contribution in [2.24, 2.45) is 22.2 Å². The van der Waals surface area contributed by atoms with Gasteiger partial charge in [-0.2, -0.15) is 0 Å². The molecule has 0 aromatic rings. The zero-order valence-electron chi connectivity index (χ0n) is 10.7. The van der Waals surface area contributed by atoms with Gasteiger partial charge in [0.25, 0.3) is 0 Å². The summed E-state index contributed by atoms with van der Waals surface area (Å²) in [6, 6.07) is 0. The zero-order valence-corrected chi connectivity index (χ0v) is 10.7. The average Bonchev–Trinajstić information content (AvgIpc) is 2.68. The molecule has 84 valence electrons. The standard InChI is InChI=1S/C15H24/c1-11-6-9-14-7-5-8-15(11,14)12(2)10-13(14,3)4/h10-11H,5-9H2,1-4H3. The van der Waals surface area contributed by atoms with Gasteiger partial charge in [-0.25, -0.2) is 0 Å². The number of rotatable bonds is 0. The van der Waals surface area contributed by atoms with E-state index in [-0.39, 0.29) is 0 Å². The first-order chi connectivity index (χ1) is 6.96. The lowest BCUT2D eigenvalue weighted by molar-refractivity contribution is 0.0447. The largest absolute Gasteiger partial charge is 0.0788 e. The highest BCUT2D eigenvalue weighted by molar-refractivity contribution is 5.37. The van der Waals surface area contributed by atoms with Crippen LogP contribution in [0.15, 0.2) is 11.6 Å². The summed E-state index contributed by atoms with van der Waals surface area (Å²) < 4.78 is 0. The molecule has 0 heterocycles. The maximum Gasteiger partial charge on any atom is -0.0000595 e. The third kappa shape index (κ3) is 0.797. The minimum absolute atomic E-state index is 0.457. The van der Waals surface area contributed by atoms with Crippen molar-refractivity contribution in [1.82, 2.24) is 0 Å². The minimum Gasteiger partial charge on any atom is -0.0788 e. The van der Waals surface area contributed by atoms with Crippen molar-refractivity contribution in [3.63, 3.8) is 0 Å². The Morgan fingerprint density at radius 2 is 1.93 bits per heavy atom. The first-order valence-corrected chi connectivity index (χ1v) is 6.66. The Morgan fingerprint density at radius 3 is 2.60 bits per heavy atom. The normalized spacial score (nSPS) is 51.5. The van der Waals surface area contributed by atoms with Crippen molar-refractivity contribution in [2.45, 2.75) is 59.8 Å². The van der Waals surface area contributed by atoms with Crippen molar-refractivity contribution >= 4 is 0 Å². The first-order valence-electron chi connectivity index (χ1n) is 6.66. The van der Waals surface area contributed by atoms with Crippen LogP contribution in [-0.2, 0) is 0 Å². The topological polar surface area (TPSA) is 0 Å². The van der Waals surface area contributed by atoms with Crippen LogP contribution in [0.25, 0.3) is 0 Å². The molecule has 3 rings (SSSR count). The monoisotopic (exact) mass is 204 g/mol. The fraction of sp³-hybridized carbons (Fsp3) is 0.867. The Kier molecular flexibility index (Phi) is 1.67. The van der Waals surface area contributed by atoms with Crippen LogP contribution < -0.4 is 0 Å². The van der Waals surface area contributed by atoms with Crippen LogP contribution in [-0.4, -0.2) is 0 Å². The Morgan fingerprint density at radius 1 is 1.20 bits per heavy atom. The highest BCUT2D eigenvalue weighted by atomic mass is 14.7. The van der Waals surface area contributed by atoms with E-state index in [1.54, 1.807) is 5.57 Å². The third-order valence-electron chi connectivity index (χ3n) is 6.39. The molecule has 0 saturated heterocycles. The molecule has 0 bridgehead atoms. The second-order valence-corrected chi connectivity index (χ2v) is 6.90. The van der Waals surface area contributed by atoms with E-state index in [4.69, 9.17) is 0 Å². The molecule has 15 heavy (non-hydrogen) atoms. The molecule has 0 N–H and O–H groups in total. The minimum atomic E-state index is 0.457. The molecule has 2 saturated carbocycles. The van der Waals surface area contributed by atoms with E-state index >= 15 is 0 Å². The van der Waals surface area contributed by atoms with Gasteiger partial charge in [0.15, 0.2) is 0 Å². The molecule has 0 spiro atoms. The van der Waals surface area contributed by atoms with Gasteiger partial charge in [-0.1, -0.05) is 38.8 Å². The summed E-state index contributed by atoms with van der Waals surface area (Å²) >= 11 is 0. The lowest BCUT2D eigenvalue weighted by Crippen LogP contribution is -2.41. The molecule has 0 aromatic heterocycles. The van der Waals surface area contributed by atoms with Gasteiger partial charge in [0.05, 0.1) is 0 Å². The molecule has 3 atom stereocenters. The van der Waals surface area contributed by atoms with E-state index in [1.165, 1.54) is 32.1 Å². The molecule has 0 radical (unpaired) electrons. The Labute approximate surface area is 94.1 Å². The van der Waals surface area contributed by atoms with Crippen molar-refractivity contribution < 1.29 is 0 Å². The molecule has 0 nitrogen and oxygen atoms in total. The van der Waals surface area contributed by atoms with E-state index in [0.29, 0.717) is 16.2 Å². The predicted octanol–water partition coefficient (Wildman–Crippen LogP) is 4.56. The smallest absolute Gasteiger partial charge is 0.0000595 e. The molecule has 3 aliphatic carbocycles. The highest BCUT2D eigenvalue weighted by Crippen LogP contribution is 2.77. The van der Waals surface area contributed by atoms with Crippen molar-refractivity contribution in [1.29, 1.82) is 0 Å². The van der Waals surface area contributed by atoms with Gasteiger partial charge in [0.1, 0.15) is 0 Å². The zero-order chi connectivity index (χ0) is 10.9. The maximum absolute atomic E-state index is 2.61. The number of hydrogen-bond donors (Lipinski definition) is 0. The van der Waals surface area contributed by atoms with Crippen LogP contribution in [0.3, 0.4) is 0 Å². The van der Waals surface area contributed by atoms with Crippen molar-refractivity contribution in [2.75, 3.05) is 0 Å². The van der Waals surface area contributed by atoms with Gasteiger partial charge in [0.2, 0.25) is 0 Å². The van der Waals surface area contributed by atoms with Crippen LogP contribution in [0.1, 0.15) is 59.8 Å². The maximum atomic E-state index is 2.61. The molecule has 3 aliphatic rings. The van der Waals surface area contributed by atoms with E-state index in [9.17, 15) is 0 Å². The van der Waals surface area contributed by atoms with Crippen LogP contribution in [0.2, 0.25) is 0 Å². The van der Waals surface area contributed by atoms with Crippen LogP contribution in [0.4, 0.5) is 0 Å². The van der Waals surface area contributed by atoms with E-state index in [2.05, 4.69) is 33.8 Å². The molecule has 0 heteroatoms. The van der Waals surface area contributed by atoms with Crippen LogP contribution in [0.5, 0.6) is 0 Å². The lowest BCUT2D eigenvalue weighted by atomic mass is 9.57. The van der Waals surface area contributed by atoms with Gasteiger partial charge in [-0.3, -0.25) is 0 Å². The van der Waals surface area contributed by atoms with Gasteiger partial charge in [-0.05, 0) is 54.8 Å². The van der Waals surface area contributed by atoms with Gasteiger partial charge < -0.3 is 0 Å². The SMILES string of the molecule is CC1=CC(C)(C)C23CCCC12C(C)CC3. The molecule has 0 aromatic carbocycles. The summed E-state index contributed by atoms with van der Waals surface area (Å²) in [4.78, 5) is 0. The second-order valence-electron chi connectivity index (χ2n) is 6.90. The van der Waals surface area contributed by atoms with Crippen molar-refractivity contribution in [3.8, 4) is 0 Å². The molecule has 3 unspecified atom stereocenters. The third-order valence-corrected chi connectivity index (χ3v) is 6.39. The van der Waals surface area contributed by atoms with E-state index < -0.39 is 0 Å². The van der Waals surface area contributed by atoms with Crippen LogP contribution in [0, 0.1) is 22.2 Å². The second kappa shape index (κ2) is 2.52. The Bertz CT molecular complexity index is 336. The number of allylic oxidation sites excluding steroid dienone is 2. The average molecular weight is 204 g/mol. The van der Waals surface area contributed by atoms with E-state index in [1.807, 2.05) is 0 Å². The molecule has 0 aliphatic heterocycles. The lowest BCUT2D eigenvalue weighted by Gasteiger charge is -2.46. The summed E-state index contributed by atoms with van der Waals surface area (Å²) in [6.45, 7) is 9.89. The molecule has 0 amide bonds. The first kappa shape index (κ1) is 9.93. The molecular formula is C15H24.